The molecule has 7 nitrogen and oxygen atoms in total. The summed E-state index contributed by atoms with van der Waals surface area (Å²) in [5.74, 6) is 0.422. The van der Waals surface area contributed by atoms with Crippen molar-refractivity contribution in [1.29, 1.82) is 0 Å². The van der Waals surface area contributed by atoms with Crippen LogP contribution in [0.15, 0.2) is 35.4 Å². The van der Waals surface area contributed by atoms with Crippen molar-refractivity contribution in [2.75, 3.05) is 20.2 Å². The predicted octanol–water partition coefficient (Wildman–Crippen LogP) is 2.30. The molecule has 27 heavy (non-hydrogen) atoms. The summed E-state index contributed by atoms with van der Waals surface area (Å²) < 4.78 is 33.4. The first kappa shape index (κ1) is 21.0. The van der Waals surface area contributed by atoms with Gasteiger partial charge in [0.15, 0.2) is 0 Å². The smallest absolute Gasteiger partial charge is 0.268 e. The number of methoxy groups -OCH3 is 1. The lowest BCUT2D eigenvalue weighted by molar-refractivity contribution is 0.0942. The van der Waals surface area contributed by atoms with E-state index < -0.39 is 10.0 Å². The number of nitrogens with one attached hydrogen (secondary N) is 1. The van der Waals surface area contributed by atoms with Crippen LogP contribution < -0.4 is 10.1 Å². The summed E-state index contributed by atoms with van der Waals surface area (Å²) in [7, 11) is -0.340. The maximum Gasteiger partial charge on any atom is 0.268 e. The van der Waals surface area contributed by atoms with Gasteiger partial charge in [-0.25, -0.2) is 8.42 Å². The molecular formula is C19H27N3O4S. The molecule has 0 saturated heterocycles. The van der Waals surface area contributed by atoms with Crippen molar-refractivity contribution in [3.05, 3.63) is 47.3 Å². The number of hydrogen-bond donors (Lipinski definition) is 1. The van der Waals surface area contributed by atoms with Gasteiger partial charge in [-0.15, -0.1) is 0 Å². The van der Waals surface area contributed by atoms with Crippen LogP contribution in [-0.2, 0) is 23.6 Å². The van der Waals surface area contributed by atoms with Gasteiger partial charge in [0.05, 0.1) is 7.11 Å². The van der Waals surface area contributed by atoms with Crippen LogP contribution in [0.1, 0.15) is 35.5 Å². The maximum absolute atomic E-state index is 12.6. The molecule has 0 aliphatic carbocycles. The van der Waals surface area contributed by atoms with Crippen molar-refractivity contribution in [3.8, 4) is 5.75 Å². The zero-order chi connectivity index (χ0) is 20.2. The summed E-state index contributed by atoms with van der Waals surface area (Å²) in [6.07, 6.45) is 1.47. The lowest BCUT2D eigenvalue weighted by Gasteiger charge is -2.17. The minimum absolute atomic E-state index is 0.121. The molecule has 1 N–H and O–H groups in total. The molecule has 0 aliphatic heterocycles. The SMILES string of the molecule is CCN(CC)S(=O)(=O)c1cc(C(=O)NCc2ccc(C)c(OC)c2)n(C)c1. The fourth-order valence-corrected chi connectivity index (χ4v) is 4.39. The molecule has 2 aromatic rings. The van der Waals surface area contributed by atoms with Crippen LogP contribution in [0.4, 0.5) is 0 Å². The third-order valence-corrected chi connectivity index (χ3v) is 6.50. The fourth-order valence-electron chi connectivity index (χ4n) is 2.86. The fraction of sp³-hybridized carbons (Fsp3) is 0.421. The van der Waals surface area contributed by atoms with E-state index in [0.717, 1.165) is 16.9 Å². The van der Waals surface area contributed by atoms with Crippen molar-refractivity contribution >= 4 is 15.9 Å². The number of carbonyl (C=O) groups is 1. The number of amides is 1. The van der Waals surface area contributed by atoms with E-state index in [1.54, 1.807) is 28.0 Å². The summed E-state index contributed by atoms with van der Waals surface area (Å²) >= 11 is 0. The van der Waals surface area contributed by atoms with E-state index in [-0.39, 0.29) is 10.8 Å². The third kappa shape index (κ3) is 4.51. The molecule has 1 aromatic carbocycles. The van der Waals surface area contributed by atoms with Gasteiger partial charge in [-0.3, -0.25) is 4.79 Å². The van der Waals surface area contributed by atoms with Gasteiger partial charge < -0.3 is 14.6 Å². The van der Waals surface area contributed by atoms with Gasteiger partial charge >= 0.3 is 0 Å². The lowest BCUT2D eigenvalue weighted by atomic mass is 10.1. The van der Waals surface area contributed by atoms with E-state index in [1.807, 2.05) is 25.1 Å². The number of benzene rings is 1. The van der Waals surface area contributed by atoms with E-state index in [1.165, 1.54) is 21.1 Å². The molecule has 1 amide bonds. The quantitative estimate of drug-likeness (QED) is 0.746. The van der Waals surface area contributed by atoms with Gasteiger partial charge in [-0.1, -0.05) is 26.0 Å². The topological polar surface area (TPSA) is 80.6 Å². The zero-order valence-corrected chi connectivity index (χ0v) is 17.3. The molecule has 8 heteroatoms. The summed E-state index contributed by atoms with van der Waals surface area (Å²) in [5.41, 5.74) is 2.21. The van der Waals surface area contributed by atoms with E-state index in [0.29, 0.717) is 25.3 Å². The molecule has 0 bridgehead atoms. The average molecular weight is 394 g/mol. The first-order valence-corrected chi connectivity index (χ1v) is 10.3. The normalized spacial score (nSPS) is 11.6. The average Bonchev–Trinajstić information content (AvgIpc) is 3.04. The second-order valence-electron chi connectivity index (χ2n) is 6.25. The Hall–Kier alpha value is -2.32. The largest absolute Gasteiger partial charge is 0.496 e. The second kappa shape index (κ2) is 8.58. The standard InChI is InChI=1S/C19H27N3O4S/c1-6-22(7-2)27(24,25)16-11-17(21(4)13-16)19(23)20-12-15-9-8-14(3)18(10-15)26-5/h8-11,13H,6-7,12H2,1-5H3,(H,20,23). The van der Waals surface area contributed by atoms with Crippen LogP contribution in [0.5, 0.6) is 5.75 Å². The van der Waals surface area contributed by atoms with Crippen LogP contribution in [-0.4, -0.2) is 43.4 Å². The summed E-state index contributed by atoms with van der Waals surface area (Å²) in [6.45, 7) is 6.59. The van der Waals surface area contributed by atoms with Crippen molar-refractivity contribution in [3.63, 3.8) is 0 Å². The minimum Gasteiger partial charge on any atom is -0.496 e. The number of aromatic nitrogens is 1. The lowest BCUT2D eigenvalue weighted by Crippen LogP contribution is -2.30. The van der Waals surface area contributed by atoms with Crippen molar-refractivity contribution in [1.82, 2.24) is 14.2 Å². The summed E-state index contributed by atoms with van der Waals surface area (Å²) in [5, 5.41) is 2.83. The summed E-state index contributed by atoms with van der Waals surface area (Å²) in [4.78, 5) is 12.7. The molecule has 1 aromatic heterocycles. The van der Waals surface area contributed by atoms with E-state index >= 15 is 0 Å². The van der Waals surface area contributed by atoms with Gasteiger partial charge in [-0.2, -0.15) is 4.31 Å². The van der Waals surface area contributed by atoms with Crippen LogP contribution in [0, 0.1) is 6.92 Å². The van der Waals surface area contributed by atoms with Gasteiger partial charge in [0.1, 0.15) is 16.3 Å². The Kier molecular flexibility index (Phi) is 6.67. The number of hydrogen-bond acceptors (Lipinski definition) is 4. The van der Waals surface area contributed by atoms with Crippen molar-refractivity contribution < 1.29 is 17.9 Å². The van der Waals surface area contributed by atoms with Crippen LogP contribution in [0.25, 0.3) is 0 Å². The van der Waals surface area contributed by atoms with Gasteiger partial charge in [0.2, 0.25) is 10.0 Å². The number of aryl methyl sites for hydroxylation is 2. The first-order chi connectivity index (χ1) is 12.7. The molecule has 1 heterocycles. The Bertz CT molecular complexity index is 915. The molecule has 0 atom stereocenters. The van der Waals surface area contributed by atoms with E-state index in [4.69, 9.17) is 4.74 Å². The highest BCUT2D eigenvalue weighted by molar-refractivity contribution is 7.89. The monoisotopic (exact) mass is 393 g/mol. The van der Waals surface area contributed by atoms with Crippen LogP contribution >= 0.6 is 0 Å². The number of sulfonamides is 1. The predicted molar refractivity (Wildman–Crippen MR) is 104 cm³/mol. The van der Waals surface area contributed by atoms with Gasteiger partial charge in [0.25, 0.3) is 5.91 Å². The van der Waals surface area contributed by atoms with Crippen LogP contribution in [0.2, 0.25) is 0 Å². The first-order valence-electron chi connectivity index (χ1n) is 8.82. The summed E-state index contributed by atoms with van der Waals surface area (Å²) in [6, 6.07) is 7.13. The highest BCUT2D eigenvalue weighted by Gasteiger charge is 2.25. The molecule has 0 fully saturated rings. The number of nitrogens with zero attached hydrogens (tertiary/aromatic N) is 2. The molecular weight excluding hydrogens is 366 g/mol. The van der Waals surface area contributed by atoms with Crippen molar-refractivity contribution in [2.45, 2.75) is 32.2 Å². The Morgan fingerprint density at radius 3 is 2.48 bits per heavy atom. The number of ether oxygens (including phenoxy) is 1. The molecule has 0 radical (unpaired) electrons. The Labute approximate surface area is 161 Å². The van der Waals surface area contributed by atoms with Crippen LogP contribution in [0.3, 0.4) is 0 Å². The molecule has 0 spiro atoms. The Morgan fingerprint density at radius 1 is 1.22 bits per heavy atom. The molecule has 148 valence electrons. The third-order valence-electron chi connectivity index (χ3n) is 4.48. The second-order valence-corrected chi connectivity index (χ2v) is 8.19. The van der Waals surface area contributed by atoms with Gasteiger partial charge in [-0.05, 0) is 30.2 Å². The molecule has 0 saturated carbocycles. The number of carbonyl (C=O) groups excluding carboxylic acids is 1. The zero-order valence-electron chi connectivity index (χ0n) is 16.4. The minimum atomic E-state index is -3.60. The van der Waals surface area contributed by atoms with Gasteiger partial charge in [0, 0.05) is 32.9 Å². The Morgan fingerprint density at radius 2 is 1.89 bits per heavy atom. The molecule has 0 aliphatic rings. The van der Waals surface area contributed by atoms with E-state index in [9.17, 15) is 13.2 Å². The van der Waals surface area contributed by atoms with Crippen molar-refractivity contribution in [2.24, 2.45) is 7.05 Å². The number of rotatable bonds is 8. The van der Waals surface area contributed by atoms with E-state index in [2.05, 4.69) is 5.32 Å². The highest BCUT2D eigenvalue weighted by Crippen LogP contribution is 2.20. The Balaban J connectivity index is 2.17. The highest BCUT2D eigenvalue weighted by atomic mass is 32.2. The maximum atomic E-state index is 12.6. The molecule has 2 rings (SSSR count). The molecule has 0 unspecified atom stereocenters.